The summed E-state index contributed by atoms with van der Waals surface area (Å²) < 4.78 is 39.0. The number of carboxylic acids is 1. The summed E-state index contributed by atoms with van der Waals surface area (Å²) in [6.07, 6.45) is -0.224. The van der Waals surface area contributed by atoms with Gasteiger partial charge in [0.15, 0.2) is 0 Å². The number of alkyl halides is 3. The molecule has 0 spiro atoms. The fraction of sp³-hybridized carbons (Fsp3) is 0.240. The van der Waals surface area contributed by atoms with Gasteiger partial charge in [-0.1, -0.05) is 6.07 Å². The number of benzene rings is 1. The Labute approximate surface area is 212 Å². The van der Waals surface area contributed by atoms with Crippen molar-refractivity contribution in [2.24, 2.45) is 0 Å². The molecule has 0 bridgehead atoms. The second-order valence-electron chi connectivity index (χ2n) is 8.69. The van der Waals surface area contributed by atoms with Gasteiger partial charge in [0.05, 0.1) is 16.1 Å². The van der Waals surface area contributed by atoms with Gasteiger partial charge in [0.2, 0.25) is 5.95 Å². The number of carbonyl (C=O) groups is 1. The van der Waals surface area contributed by atoms with Gasteiger partial charge in [-0.2, -0.15) is 13.2 Å². The molecular formula is C25H20F3N5O3S. The number of nitrogens with one attached hydrogen (secondary N) is 1. The molecule has 0 saturated heterocycles. The number of aryl methyl sites for hydroxylation is 2. The van der Waals surface area contributed by atoms with Gasteiger partial charge in [-0.05, 0) is 67.6 Å². The van der Waals surface area contributed by atoms with Gasteiger partial charge >= 0.3 is 12.1 Å². The molecule has 0 unspecified atom stereocenters. The fourth-order valence-electron chi connectivity index (χ4n) is 4.39. The monoisotopic (exact) mass is 527 g/mol. The molecule has 1 aliphatic rings. The molecular weight excluding hydrogens is 507 g/mol. The molecule has 0 radical (unpaired) electrons. The quantitative estimate of drug-likeness (QED) is 0.318. The summed E-state index contributed by atoms with van der Waals surface area (Å²) in [5.41, 5.74) is 0.696. The molecule has 3 N–H and O–H groups in total. The molecule has 4 aromatic rings. The van der Waals surface area contributed by atoms with Crippen LogP contribution in [0.15, 0.2) is 48.8 Å². The molecule has 0 saturated carbocycles. The first-order valence-electron chi connectivity index (χ1n) is 11.2. The molecule has 5 rings (SSSR count). The number of anilines is 2. The minimum Gasteiger partial charge on any atom is -0.478 e. The van der Waals surface area contributed by atoms with Crippen molar-refractivity contribution in [3.05, 3.63) is 81.9 Å². The van der Waals surface area contributed by atoms with Gasteiger partial charge in [-0.15, -0.1) is 11.3 Å². The number of halogens is 3. The summed E-state index contributed by atoms with van der Waals surface area (Å²) in [4.78, 5) is 28.4. The lowest BCUT2D eigenvalue weighted by Gasteiger charge is -2.33. The van der Waals surface area contributed by atoms with Gasteiger partial charge in [0, 0.05) is 23.8 Å². The normalized spacial score (nSPS) is 17.3. The number of carboxylic acid groups (broad SMARTS) is 1. The number of hydrogen-bond donors (Lipinski definition) is 3. The highest BCUT2D eigenvalue weighted by Gasteiger charge is 2.39. The van der Waals surface area contributed by atoms with Crippen LogP contribution in [0.5, 0.6) is 0 Å². The Kier molecular flexibility index (Phi) is 6.16. The zero-order valence-electron chi connectivity index (χ0n) is 19.4. The van der Waals surface area contributed by atoms with Crippen molar-refractivity contribution in [2.75, 3.05) is 5.32 Å². The second kappa shape index (κ2) is 9.20. The molecule has 3 heterocycles. The average Bonchev–Trinajstić information content (AvgIpc) is 3.35. The van der Waals surface area contributed by atoms with Gasteiger partial charge in [-0.25, -0.2) is 19.7 Å². The number of fused-ring (bicyclic) bond motifs is 1. The minimum atomic E-state index is -4.59. The van der Waals surface area contributed by atoms with Crippen LogP contribution in [0.25, 0.3) is 10.6 Å². The lowest BCUT2D eigenvalue weighted by Crippen LogP contribution is -2.32. The van der Waals surface area contributed by atoms with Gasteiger partial charge in [0.1, 0.15) is 16.3 Å². The van der Waals surface area contributed by atoms with E-state index in [4.69, 9.17) is 0 Å². The van der Waals surface area contributed by atoms with E-state index in [2.05, 4.69) is 25.3 Å². The Bertz CT molecular complexity index is 1510. The largest absolute Gasteiger partial charge is 0.478 e. The topological polar surface area (TPSA) is 121 Å². The van der Waals surface area contributed by atoms with E-state index in [9.17, 15) is 28.2 Å². The van der Waals surface area contributed by atoms with Crippen molar-refractivity contribution in [3.63, 3.8) is 0 Å². The van der Waals surface area contributed by atoms with Crippen LogP contribution in [0.1, 0.15) is 50.7 Å². The second-order valence-corrected chi connectivity index (χ2v) is 9.72. The van der Waals surface area contributed by atoms with Crippen molar-refractivity contribution in [1.82, 2.24) is 19.9 Å². The maximum Gasteiger partial charge on any atom is 0.433 e. The predicted molar refractivity (Wildman–Crippen MR) is 130 cm³/mol. The first kappa shape index (κ1) is 24.8. The summed E-state index contributed by atoms with van der Waals surface area (Å²) in [7, 11) is 0. The van der Waals surface area contributed by atoms with E-state index < -0.39 is 23.4 Å². The Morgan fingerprint density at radius 2 is 1.95 bits per heavy atom. The third-order valence-electron chi connectivity index (χ3n) is 6.05. The lowest BCUT2D eigenvalue weighted by molar-refractivity contribution is -0.141. The van der Waals surface area contributed by atoms with Crippen molar-refractivity contribution >= 4 is 28.9 Å². The third kappa shape index (κ3) is 4.89. The zero-order chi connectivity index (χ0) is 26.4. The Morgan fingerprint density at radius 3 is 2.70 bits per heavy atom. The minimum absolute atomic E-state index is 0.163. The molecule has 37 heavy (non-hydrogen) atoms. The molecule has 0 amide bonds. The van der Waals surface area contributed by atoms with Crippen molar-refractivity contribution in [2.45, 2.75) is 38.0 Å². The molecule has 1 aromatic carbocycles. The number of aromatic carboxylic acids is 1. The van der Waals surface area contributed by atoms with Crippen LogP contribution in [-0.2, 0) is 18.2 Å². The van der Waals surface area contributed by atoms with Crippen LogP contribution in [0.2, 0.25) is 0 Å². The van der Waals surface area contributed by atoms with Gasteiger partial charge in [0.25, 0.3) is 0 Å². The summed E-state index contributed by atoms with van der Waals surface area (Å²) in [6.45, 7) is 1.74. The lowest BCUT2D eigenvalue weighted by atomic mass is 9.79. The number of aromatic nitrogens is 4. The number of thiazole rings is 1. The van der Waals surface area contributed by atoms with Crippen LogP contribution in [0.4, 0.5) is 24.8 Å². The molecule has 12 heteroatoms. The summed E-state index contributed by atoms with van der Waals surface area (Å²) in [5, 5.41) is 24.2. The van der Waals surface area contributed by atoms with Crippen molar-refractivity contribution in [1.29, 1.82) is 0 Å². The van der Waals surface area contributed by atoms with E-state index in [1.807, 2.05) is 0 Å². The first-order valence-corrected chi connectivity index (χ1v) is 12.1. The molecule has 0 fully saturated rings. The standard InChI is InChI=1S/C25H20F3N5O3S/c1-13-9-16(32-23-29-8-6-20(33-23)25(26,27)28)11-18(31-13)19-12-30-22(37-19)24(36)7-2-3-14-10-15(21(34)35)4-5-17(14)24/h4-6,8-12,36H,2-3,7H2,1H3,(H,34,35)(H,29,31,32,33)/t24-/m0/s1. The number of aliphatic hydroxyl groups is 1. The first-order chi connectivity index (χ1) is 17.5. The van der Waals surface area contributed by atoms with Crippen LogP contribution in [0.3, 0.4) is 0 Å². The SMILES string of the molecule is Cc1cc(Nc2nccc(C(F)(F)F)n2)cc(-c2cnc([C@]3(O)CCCc4cc(C(=O)O)ccc43)s2)n1. The van der Waals surface area contributed by atoms with E-state index in [1.54, 1.807) is 37.4 Å². The van der Waals surface area contributed by atoms with Crippen LogP contribution >= 0.6 is 11.3 Å². The Morgan fingerprint density at radius 1 is 1.14 bits per heavy atom. The van der Waals surface area contributed by atoms with E-state index in [0.29, 0.717) is 51.8 Å². The van der Waals surface area contributed by atoms with Crippen LogP contribution in [-0.4, -0.2) is 36.1 Å². The highest BCUT2D eigenvalue weighted by atomic mass is 32.1. The van der Waals surface area contributed by atoms with Crippen LogP contribution < -0.4 is 5.32 Å². The molecule has 190 valence electrons. The maximum atomic E-state index is 13.0. The number of rotatable bonds is 5. The molecule has 0 aliphatic heterocycles. The van der Waals surface area contributed by atoms with E-state index in [-0.39, 0.29) is 11.5 Å². The average molecular weight is 528 g/mol. The number of nitrogens with zero attached hydrogens (tertiary/aromatic N) is 4. The van der Waals surface area contributed by atoms with Crippen molar-refractivity contribution in [3.8, 4) is 10.6 Å². The molecule has 1 aliphatic carbocycles. The Balaban J connectivity index is 1.46. The molecule has 3 aromatic heterocycles. The van der Waals surface area contributed by atoms with Crippen molar-refractivity contribution < 1.29 is 28.2 Å². The summed E-state index contributed by atoms with van der Waals surface area (Å²) in [6, 6.07) is 8.80. The van der Waals surface area contributed by atoms with Gasteiger partial charge < -0.3 is 15.5 Å². The molecule has 1 atom stereocenters. The van der Waals surface area contributed by atoms with E-state index >= 15 is 0 Å². The number of pyridine rings is 1. The smallest absolute Gasteiger partial charge is 0.433 e. The summed E-state index contributed by atoms with van der Waals surface area (Å²) >= 11 is 1.25. The van der Waals surface area contributed by atoms with Crippen LogP contribution in [0, 0.1) is 6.92 Å². The summed E-state index contributed by atoms with van der Waals surface area (Å²) in [5.74, 6) is -1.23. The molecule has 8 nitrogen and oxygen atoms in total. The third-order valence-corrected chi connectivity index (χ3v) is 7.22. The van der Waals surface area contributed by atoms with E-state index in [1.165, 1.54) is 17.4 Å². The number of hydrogen-bond acceptors (Lipinski definition) is 8. The zero-order valence-corrected chi connectivity index (χ0v) is 20.2. The predicted octanol–water partition coefficient (Wildman–Crippen LogP) is 5.34. The van der Waals surface area contributed by atoms with E-state index in [0.717, 1.165) is 17.8 Å². The highest BCUT2D eigenvalue weighted by molar-refractivity contribution is 7.15. The highest BCUT2D eigenvalue weighted by Crippen LogP contribution is 2.43. The maximum absolute atomic E-state index is 13.0. The fourth-order valence-corrected chi connectivity index (χ4v) is 5.39. The Hall–Kier alpha value is -3.90. The van der Waals surface area contributed by atoms with Gasteiger partial charge in [-0.3, -0.25) is 4.98 Å².